The summed E-state index contributed by atoms with van der Waals surface area (Å²) in [6, 6.07) is 7.42. The number of rotatable bonds is 9. The third-order valence-electron chi connectivity index (χ3n) is 3.11. The lowest BCUT2D eigenvalue weighted by atomic mass is 10.1. The number of thiazole rings is 1. The summed E-state index contributed by atoms with van der Waals surface area (Å²) in [4.78, 5) is 17.0. The van der Waals surface area contributed by atoms with Crippen molar-refractivity contribution in [3.8, 4) is 0 Å². The number of carbonyl (C=O) groups is 1. The highest BCUT2D eigenvalue weighted by Crippen LogP contribution is 2.26. The predicted octanol–water partition coefficient (Wildman–Crippen LogP) is 2.45. The molecule has 0 atom stereocenters. The van der Waals surface area contributed by atoms with Gasteiger partial charge in [-0.2, -0.15) is 13.1 Å². The summed E-state index contributed by atoms with van der Waals surface area (Å²) >= 11 is 7.25. The van der Waals surface area contributed by atoms with Crippen molar-refractivity contribution < 1.29 is 21.8 Å². The molecule has 2 aromatic rings. The molecule has 0 bridgehead atoms. The summed E-state index contributed by atoms with van der Waals surface area (Å²) in [5.74, 6) is -0.682. The monoisotopic (exact) mass is 421 g/mol. The van der Waals surface area contributed by atoms with Gasteiger partial charge in [-0.15, -0.1) is 11.3 Å². The molecule has 1 amide bonds. The molecule has 0 spiro atoms. The molecule has 0 fully saturated rings. The van der Waals surface area contributed by atoms with E-state index in [9.17, 15) is 17.6 Å². The summed E-state index contributed by atoms with van der Waals surface area (Å²) < 4.78 is 40.9. The highest BCUT2D eigenvalue weighted by atomic mass is 35.5. The largest absolute Gasteiger partial charge is 0.336 e. The lowest BCUT2D eigenvalue weighted by Crippen LogP contribution is -2.31. The molecule has 0 aliphatic rings. The molecule has 1 heterocycles. The minimum absolute atomic E-state index is 0.335. The van der Waals surface area contributed by atoms with Crippen LogP contribution >= 0.6 is 22.9 Å². The Balaban J connectivity index is 1.93. The normalized spacial score (nSPS) is 11.5. The van der Waals surface area contributed by atoms with Crippen LogP contribution in [0.1, 0.15) is 16.1 Å². The van der Waals surface area contributed by atoms with Crippen molar-refractivity contribution in [1.82, 2.24) is 9.71 Å². The van der Waals surface area contributed by atoms with Gasteiger partial charge in [0.1, 0.15) is 13.3 Å². The number of anilines is 1. The van der Waals surface area contributed by atoms with Crippen LogP contribution in [-0.2, 0) is 25.7 Å². The van der Waals surface area contributed by atoms with E-state index < -0.39 is 36.0 Å². The zero-order valence-corrected chi connectivity index (χ0v) is 16.2. The smallest absolute Gasteiger partial charge is 0.300 e. The number of nitrogens with zero attached hydrogens (tertiary/aromatic N) is 1. The van der Waals surface area contributed by atoms with Crippen LogP contribution in [-0.4, -0.2) is 39.1 Å². The summed E-state index contributed by atoms with van der Waals surface area (Å²) in [5, 5.41) is 3.45. The Kier molecular flexibility index (Phi) is 7.47. The van der Waals surface area contributed by atoms with Gasteiger partial charge in [0.2, 0.25) is 0 Å². The van der Waals surface area contributed by atoms with Gasteiger partial charge < -0.3 is 0 Å². The van der Waals surface area contributed by atoms with Crippen LogP contribution in [0.3, 0.4) is 0 Å². The minimum atomic E-state index is -4.16. The average molecular weight is 422 g/mol. The highest BCUT2D eigenvalue weighted by Gasteiger charge is 2.15. The lowest BCUT2D eigenvalue weighted by Gasteiger charge is -2.05. The number of halogens is 2. The van der Waals surface area contributed by atoms with Crippen molar-refractivity contribution in [2.45, 2.75) is 13.3 Å². The molecule has 0 unspecified atom stereocenters. The molecule has 2 N–H and O–H groups in total. The zero-order chi connectivity index (χ0) is 19.2. The lowest BCUT2D eigenvalue weighted by molar-refractivity contribution is -0.118. The van der Waals surface area contributed by atoms with Crippen LogP contribution in [0.15, 0.2) is 24.3 Å². The number of hydrogen-bond acceptors (Lipinski definition) is 6. The maximum atomic E-state index is 12.0. The summed E-state index contributed by atoms with van der Waals surface area (Å²) in [6.07, 6.45) is 0.609. The first-order chi connectivity index (χ1) is 12.3. The fourth-order valence-electron chi connectivity index (χ4n) is 1.97. The molecule has 7 nitrogen and oxygen atoms in total. The van der Waals surface area contributed by atoms with Crippen molar-refractivity contribution in [1.29, 1.82) is 0 Å². The quantitative estimate of drug-likeness (QED) is 0.648. The number of hydrogen-bond donors (Lipinski definition) is 2. The Morgan fingerprint density at radius 1 is 1.42 bits per heavy atom. The SMILES string of the molecule is Cc1nc(NC(=O)COS(=O)(=O)NCCF)sc1Cc1cccc(Cl)c1. The maximum Gasteiger partial charge on any atom is 0.336 e. The molecule has 142 valence electrons. The first kappa shape index (κ1) is 20.7. The number of nitrogens with one attached hydrogen (secondary N) is 2. The Morgan fingerprint density at radius 2 is 2.19 bits per heavy atom. The van der Waals surface area contributed by atoms with Crippen molar-refractivity contribution >= 4 is 44.3 Å². The van der Waals surface area contributed by atoms with Gasteiger partial charge in [0.25, 0.3) is 5.91 Å². The van der Waals surface area contributed by atoms with Gasteiger partial charge in [-0.05, 0) is 24.6 Å². The van der Waals surface area contributed by atoms with Gasteiger partial charge in [-0.1, -0.05) is 23.7 Å². The van der Waals surface area contributed by atoms with E-state index in [4.69, 9.17) is 11.6 Å². The van der Waals surface area contributed by atoms with Crippen LogP contribution < -0.4 is 10.0 Å². The maximum absolute atomic E-state index is 12.0. The van der Waals surface area contributed by atoms with E-state index in [2.05, 4.69) is 14.5 Å². The molecule has 11 heteroatoms. The molecule has 1 aromatic carbocycles. The van der Waals surface area contributed by atoms with Gasteiger partial charge in [0.15, 0.2) is 5.13 Å². The van der Waals surface area contributed by atoms with Gasteiger partial charge >= 0.3 is 10.3 Å². The van der Waals surface area contributed by atoms with Gasteiger partial charge in [-0.3, -0.25) is 10.1 Å². The van der Waals surface area contributed by atoms with E-state index >= 15 is 0 Å². The molecule has 0 saturated heterocycles. The molecule has 0 radical (unpaired) electrons. The Labute approximate surface area is 159 Å². The third-order valence-corrected chi connectivity index (χ3v) is 5.41. The Hall–Kier alpha value is -1.59. The second-order valence-electron chi connectivity index (χ2n) is 5.18. The van der Waals surface area contributed by atoms with E-state index in [0.29, 0.717) is 16.6 Å². The predicted molar refractivity (Wildman–Crippen MR) is 98.6 cm³/mol. The number of aryl methyl sites for hydroxylation is 1. The number of alkyl halides is 1. The minimum Gasteiger partial charge on any atom is -0.300 e. The topological polar surface area (TPSA) is 97.4 Å². The molecule has 0 saturated carbocycles. The summed E-state index contributed by atoms with van der Waals surface area (Å²) in [6.45, 7) is -0.206. The van der Waals surface area contributed by atoms with Crippen LogP contribution in [0, 0.1) is 6.92 Å². The highest BCUT2D eigenvalue weighted by molar-refractivity contribution is 7.84. The molecule has 0 aliphatic carbocycles. The van der Waals surface area contributed by atoms with Crippen LogP contribution in [0.2, 0.25) is 5.02 Å². The number of carbonyl (C=O) groups excluding carboxylic acids is 1. The molecule has 26 heavy (non-hydrogen) atoms. The summed E-state index contributed by atoms with van der Waals surface area (Å²) in [7, 11) is -4.16. The van der Waals surface area contributed by atoms with E-state index in [1.54, 1.807) is 6.07 Å². The summed E-state index contributed by atoms with van der Waals surface area (Å²) in [5.41, 5.74) is 1.76. The van der Waals surface area contributed by atoms with E-state index in [-0.39, 0.29) is 0 Å². The standard InChI is InChI=1S/C15H17ClFN3O4S2/c1-10-13(8-11-3-2-4-12(16)7-11)25-15(19-10)20-14(21)9-24-26(22,23)18-6-5-17/h2-4,7,18H,5-6,8-9H2,1H3,(H,19,20,21). The molecular formula is C15H17ClFN3O4S2. The van der Waals surface area contributed by atoms with Crippen LogP contribution in [0.25, 0.3) is 0 Å². The number of aromatic nitrogens is 1. The molecule has 1 aromatic heterocycles. The van der Waals surface area contributed by atoms with E-state index in [0.717, 1.165) is 16.1 Å². The van der Waals surface area contributed by atoms with Crippen LogP contribution in [0.5, 0.6) is 0 Å². The number of benzene rings is 1. The van der Waals surface area contributed by atoms with Crippen molar-refractivity contribution in [2.75, 3.05) is 25.1 Å². The van der Waals surface area contributed by atoms with Crippen molar-refractivity contribution in [3.63, 3.8) is 0 Å². The van der Waals surface area contributed by atoms with Gasteiger partial charge in [0.05, 0.1) is 5.69 Å². The third kappa shape index (κ3) is 6.61. The first-order valence-electron chi connectivity index (χ1n) is 7.49. The Bertz CT molecular complexity index is 874. The molecule has 0 aliphatic heterocycles. The van der Waals surface area contributed by atoms with Crippen LogP contribution in [0.4, 0.5) is 9.52 Å². The van der Waals surface area contributed by atoms with Crippen molar-refractivity contribution in [3.05, 3.63) is 45.4 Å². The van der Waals surface area contributed by atoms with E-state index in [1.807, 2.05) is 29.8 Å². The Morgan fingerprint density at radius 3 is 2.88 bits per heavy atom. The van der Waals surface area contributed by atoms with E-state index in [1.165, 1.54) is 11.3 Å². The van der Waals surface area contributed by atoms with Gasteiger partial charge in [-0.25, -0.2) is 13.6 Å². The number of amides is 1. The zero-order valence-electron chi connectivity index (χ0n) is 13.8. The van der Waals surface area contributed by atoms with Crippen molar-refractivity contribution in [2.24, 2.45) is 0 Å². The first-order valence-corrected chi connectivity index (χ1v) is 10.1. The molecular weight excluding hydrogens is 405 g/mol. The second-order valence-corrected chi connectivity index (χ2v) is 8.13. The fraction of sp³-hybridized carbons (Fsp3) is 0.333. The second kappa shape index (κ2) is 9.38. The fourth-order valence-corrected chi connectivity index (χ4v) is 3.87. The van der Waals surface area contributed by atoms with Gasteiger partial charge in [0, 0.05) is 22.9 Å². The average Bonchev–Trinajstić information content (AvgIpc) is 2.90. The molecule has 2 rings (SSSR count).